The first-order valence-electron chi connectivity index (χ1n) is 9.55. The second-order valence-electron chi connectivity index (χ2n) is 7.45. The third-order valence-electron chi connectivity index (χ3n) is 5.67. The van der Waals surface area contributed by atoms with Gasteiger partial charge in [0.15, 0.2) is 0 Å². The minimum Gasteiger partial charge on any atom is -0.381 e. The molecule has 26 heavy (non-hydrogen) atoms. The van der Waals surface area contributed by atoms with Gasteiger partial charge < -0.3 is 10.1 Å². The van der Waals surface area contributed by atoms with Gasteiger partial charge in [-0.15, -0.1) is 0 Å². The fourth-order valence-corrected chi connectivity index (χ4v) is 3.69. The Balaban J connectivity index is 1.58. The molecule has 1 heterocycles. The average Bonchev–Trinajstić information content (AvgIpc) is 2.69. The summed E-state index contributed by atoms with van der Waals surface area (Å²) >= 11 is 0. The number of aryl methyl sites for hydroxylation is 3. The van der Waals surface area contributed by atoms with Crippen molar-refractivity contribution in [3.63, 3.8) is 0 Å². The van der Waals surface area contributed by atoms with Crippen LogP contribution in [-0.2, 0) is 21.4 Å². The van der Waals surface area contributed by atoms with Crippen molar-refractivity contribution >= 4 is 5.91 Å². The average molecular weight is 351 g/mol. The van der Waals surface area contributed by atoms with Crippen LogP contribution in [0.1, 0.15) is 41.5 Å². The van der Waals surface area contributed by atoms with Crippen molar-refractivity contribution < 1.29 is 9.53 Å². The van der Waals surface area contributed by atoms with Crippen LogP contribution in [0, 0.1) is 13.8 Å². The predicted molar refractivity (Wildman–Crippen MR) is 105 cm³/mol. The van der Waals surface area contributed by atoms with Crippen LogP contribution in [0.4, 0.5) is 0 Å². The maximum atomic E-state index is 12.4. The summed E-state index contributed by atoms with van der Waals surface area (Å²) in [7, 11) is 0. The van der Waals surface area contributed by atoms with Gasteiger partial charge >= 0.3 is 0 Å². The van der Waals surface area contributed by atoms with E-state index in [1.165, 1.54) is 22.3 Å². The van der Waals surface area contributed by atoms with Gasteiger partial charge in [-0.3, -0.25) is 4.79 Å². The minimum absolute atomic E-state index is 0.00435. The van der Waals surface area contributed by atoms with Crippen LogP contribution in [0.5, 0.6) is 0 Å². The fraction of sp³-hybridized carbons (Fsp3) is 0.435. The second-order valence-corrected chi connectivity index (χ2v) is 7.45. The lowest BCUT2D eigenvalue weighted by atomic mass is 9.74. The molecule has 2 aromatic rings. The van der Waals surface area contributed by atoms with Gasteiger partial charge in [0.25, 0.3) is 0 Å². The second kappa shape index (κ2) is 8.50. The van der Waals surface area contributed by atoms with Crippen LogP contribution >= 0.6 is 0 Å². The molecule has 0 unspecified atom stereocenters. The molecule has 1 aliphatic heterocycles. The summed E-state index contributed by atoms with van der Waals surface area (Å²) in [5.74, 6) is 0.130. The van der Waals surface area contributed by atoms with E-state index in [9.17, 15) is 4.79 Å². The van der Waals surface area contributed by atoms with Crippen LogP contribution in [0.3, 0.4) is 0 Å². The Bertz CT molecular complexity index is 733. The molecule has 0 aliphatic carbocycles. The molecule has 3 heteroatoms. The molecule has 0 bridgehead atoms. The number of amides is 1. The van der Waals surface area contributed by atoms with Gasteiger partial charge in [0, 0.05) is 31.6 Å². The Morgan fingerprint density at radius 2 is 1.77 bits per heavy atom. The van der Waals surface area contributed by atoms with Crippen LogP contribution in [0.2, 0.25) is 0 Å². The Labute approximate surface area is 156 Å². The number of benzene rings is 2. The van der Waals surface area contributed by atoms with E-state index < -0.39 is 0 Å². The Morgan fingerprint density at radius 3 is 2.46 bits per heavy atom. The van der Waals surface area contributed by atoms with Crippen molar-refractivity contribution in [1.82, 2.24) is 5.32 Å². The van der Waals surface area contributed by atoms with E-state index in [0.717, 1.165) is 32.5 Å². The summed E-state index contributed by atoms with van der Waals surface area (Å²) in [5.41, 5.74) is 5.11. The minimum atomic E-state index is -0.00435. The maximum absolute atomic E-state index is 12.4. The molecule has 138 valence electrons. The predicted octanol–water partition coefficient (Wildman–Crippen LogP) is 4.10. The monoisotopic (exact) mass is 351 g/mol. The molecule has 1 saturated heterocycles. The van der Waals surface area contributed by atoms with Crippen LogP contribution < -0.4 is 5.32 Å². The van der Waals surface area contributed by atoms with E-state index in [1.807, 2.05) is 6.07 Å². The number of rotatable bonds is 6. The van der Waals surface area contributed by atoms with Crippen molar-refractivity contribution in [3.05, 3.63) is 70.8 Å². The lowest BCUT2D eigenvalue weighted by Crippen LogP contribution is -2.44. The molecule has 3 rings (SSSR count). The van der Waals surface area contributed by atoms with Crippen molar-refractivity contribution in [1.29, 1.82) is 0 Å². The van der Waals surface area contributed by atoms with Crippen molar-refractivity contribution in [2.45, 2.75) is 44.9 Å². The van der Waals surface area contributed by atoms with E-state index in [2.05, 4.69) is 61.6 Å². The van der Waals surface area contributed by atoms with E-state index in [-0.39, 0.29) is 11.3 Å². The first-order valence-corrected chi connectivity index (χ1v) is 9.55. The molecule has 1 aliphatic rings. The first kappa shape index (κ1) is 18.7. The summed E-state index contributed by atoms with van der Waals surface area (Å²) in [6.07, 6.45) is 3.22. The normalized spacial score (nSPS) is 16.2. The van der Waals surface area contributed by atoms with Crippen molar-refractivity contribution in [2.24, 2.45) is 0 Å². The summed E-state index contributed by atoms with van der Waals surface area (Å²) in [6.45, 7) is 6.43. The van der Waals surface area contributed by atoms with Crippen molar-refractivity contribution in [3.8, 4) is 0 Å². The van der Waals surface area contributed by atoms with Crippen LogP contribution in [-0.4, -0.2) is 25.7 Å². The van der Waals surface area contributed by atoms with Gasteiger partial charge in [-0.2, -0.15) is 0 Å². The van der Waals surface area contributed by atoms with Crippen molar-refractivity contribution in [2.75, 3.05) is 19.8 Å². The molecule has 0 saturated carbocycles. The molecule has 1 amide bonds. The highest BCUT2D eigenvalue weighted by Gasteiger charge is 2.34. The molecule has 1 N–H and O–H groups in total. The third-order valence-corrected chi connectivity index (χ3v) is 5.67. The van der Waals surface area contributed by atoms with E-state index >= 15 is 0 Å². The number of ether oxygens (including phenoxy) is 1. The Morgan fingerprint density at radius 1 is 1.04 bits per heavy atom. The standard InChI is InChI=1S/C23H29NO2/c1-18-8-9-20(16-19(18)2)10-11-22(25)24-17-23(12-14-26-15-13-23)21-6-4-3-5-7-21/h3-9,16H,10-15,17H2,1-2H3,(H,24,25). The largest absolute Gasteiger partial charge is 0.381 e. The molecule has 3 nitrogen and oxygen atoms in total. The number of nitrogens with one attached hydrogen (secondary N) is 1. The summed E-state index contributed by atoms with van der Waals surface area (Å²) in [4.78, 5) is 12.4. The van der Waals surface area contributed by atoms with Gasteiger partial charge in [-0.05, 0) is 55.4 Å². The first-order chi connectivity index (χ1) is 12.6. The Hall–Kier alpha value is -2.13. The molecule has 0 atom stereocenters. The zero-order valence-electron chi connectivity index (χ0n) is 15.9. The highest BCUT2D eigenvalue weighted by molar-refractivity contribution is 5.76. The number of hydrogen-bond donors (Lipinski definition) is 1. The van der Waals surface area contributed by atoms with E-state index in [1.54, 1.807) is 0 Å². The molecule has 0 radical (unpaired) electrons. The van der Waals surface area contributed by atoms with E-state index in [4.69, 9.17) is 4.74 Å². The molecule has 0 aromatic heterocycles. The van der Waals surface area contributed by atoms with Gasteiger partial charge in [-0.25, -0.2) is 0 Å². The quantitative estimate of drug-likeness (QED) is 0.851. The maximum Gasteiger partial charge on any atom is 0.220 e. The molecular weight excluding hydrogens is 322 g/mol. The van der Waals surface area contributed by atoms with Crippen LogP contribution in [0.25, 0.3) is 0 Å². The molecular formula is C23H29NO2. The van der Waals surface area contributed by atoms with Gasteiger partial charge in [0.1, 0.15) is 0 Å². The van der Waals surface area contributed by atoms with Gasteiger partial charge in [-0.1, -0.05) is 48.5 Å². The molecule has 1 fully saturated rings. The van der Waals surface area contributed by atoms with Gasteiger partial charge in [0.05, 0.1) is 0 Å². The Kier molecular flexibility index (Phi) is 6.10. The van der Waals surface area contributed by atoms with Crippen LogP contribution in [0.15, 0.2) is 48.5 Å². The third kappa shape index (κ3) is 4.53. The molecule has 0 spiro atoms. The number of carbonyl (C=O) groups is 1. The smallest absolute Gasteiger partial charge is 0.220 e. The highest BCUT2D eigenvalue weighted by Crippen LogP contribution is 2.34. The highest BCUT2D eigenvalue weighted by atomic mass is 16.5. The zero-order chi connectivity index (χ0) is 18.4. The lowest BCUT2D eigenvalue weighted by Gasteiger charge is -2.38. The van der Waals surface area contributed by atoms with Gasteiger partial charge in [0.2, 0.25) is 5.91 Å². The fourth-order valence-electron chi connectivity index (χ4n) is 3.69. The topological polar surface area (TPSA) is 38.3 Å². The lowest BCUT2D eigenvalue weighted by molar-refractivity contribution is -0.121. The summed E-state index contributed by atoms with van der Waals surface area (Å²) in [6, 6.07) is 17.0. The number of hydrogen-bond acceptors (Lipinski definition) is 2. The molecule has 2 aromatic carbocycles. The summed E-state index contributed by atoms with van der Waals surface area (Å²) < 4.78 is 5.57. The van der Waals surface area contributed by atoms with E-state index in [0.29, 0.717) is 13.0 Å². The zero-order valence-corrected chi connectivity index (χ0v) is 15.9. The number of carbonyl (C=O) groups excluding carboxylic acids is 1. The SMILES string of the molecule is Cc1ccc(CCC(=O)NCC2(c3ccccc3)CCOCC2)cc1C. The summed E-state index contributed by atoms with van der Waals surface area (Å²) in [5, 5.41) is 3.19.